The van der Waals surface area contributed by atoms with Crippen molar-refractivity contribution in [2.45, 2.75) is 25.3 Å². The number of rotatable bonds is 4. The second kappa shape index (κ2) is 7.44. The van der Waals surface area contributed by atoms with E-state index in [1.165, 1.54) is 0 Å². The van der Waals surface area contributed by atoms with E-state index in [0.717, 1.165) is 26.1 Å². The molecule has 1 saturated heterocycles. The first-order valence-electron chi connectivity index (χ1n) is 8.18. The Kier molecular flexibility index (Phi) is 5.10. The largest absolute Gasteiger partial charge is 0.381 e. The zero-order valence-corrected chi connectivity index (χ0v) is 13.3. The minimum absolute atomic E-state index is 0.0746. The van der Waals surface area contributed by atoms with Gasteiger partial charge in [-0.15, -0.1) is 0 Å². The Balaban J connectivity index is 1.56. The number of hydrogen-bond acceptors (Lipinski definition) is 4. The molecule has 7 nitrogen and oxygen atoms in total. The van der Waals surface area contributed by atoms with E-state index >= 15 is 0 Å². The number of carbonyl (C=O) groups excluding carboxylic acids is 3. The number of nitrogens with one attached hydrogen (secondary N) is 3. The first kappa shape index (κ1) is 16.4. The average molecular weight is 331 g/mol. The van der Waals surface area contributed by atoms with Crippen LogP contribution in [0.25, 0.3) is 0 Å². The monoisotopic (exact) mass is 331 g/mol. The molecule has 2 aliphatic rings. The molecular formula is C17H21N3O4. The van der Waals surface area contributed by atoms with E-state index in [1.807, 2.05) is 0 Å². The Morgan fingerprint density at radius 2 is 1.96 bits per heavy atom. The summed E-state index contributed by atoms with van der Waals surface area (Å²) in [5.41, 5.74) is 0.862. The summed E-state index contributed by atoms with van der Waals surface area (Å²) >= 11 is 0. The smallest absolute Gasteiger partial charge is 0.254 e. The van der Waals surface area contributed by atoms with Crippen LogP contribution < -0.4 is 16.0 Å². The number of hydrogen-bond donors (Lipinski definition) is 3. The highest BCUT2D eigenvalue weighted by Crippen LogP contribution is 2.19. The lowest BCUT2D eigenvalue weighted by Gasteiger charge is -2.22. The van der Waals surface area contributed by atoms with Gasteiger partial charge < -0.3 is 20.7 Å². The normalized spacial score (nSPS) is 21.2. The lowest BCUT2D eigenvalue weighted by Crippen LogP contribution is -2.45. The molecule has 24 heavy (non-hydrogen) atoms. The number of benzene rings is 1. The van der Waals surface area contributed by atoms with Crippen molar-refractivity contribution in [3.8, 4) is 0 Å². The molecule has 0 saturated carbocycles. The van der Waals surface area contributed by atoms with Crippen molar-refractivity contribution in [3.05, 3.63) is 29.8 Å². The Bertz CT molecular complexity index is 640. The molecule has 1 atom stereocenters. The maximum absolute atomic E-state index is 12.2. The van der Waals surface area contributed by atoms with Gasteiger partial charge in [0, 0.05) is 19.8 Å². The lowest BCUT2D eigenvalue weighted by molar-refractivity contribution is -0.125. The van der Waals surface area contributed by atoms with E-state index in [4.69, 9.17) is 4.74 Å². The van der Waals surface area contributed by atoms with Gasteiger partial charge in [-0.05, 0) is 30.9 Å². The van der Waals surface area contributed by atoms with Crippen LogP contribution in [0.4, 0.5) is 5.69 Å². The van der Waals surface area contributed by atoms with Gasteiger partial charge in [-0.3, -0.25) is 14.4 Å². The van der Waals surface area contributed by atoms with Crippen LogP contribution in [0, 0.1) is 5.92 Å². The summed E-state index contributed by atoms with van der Waals surface area (Å²) in [5.74, 6) is -0.571. The Labute approximate surface area is 140 Å². The van der Waals surface area contributed by atoms with Crippen molar-refractivity contribution in [1.82, 2.24) is 10.6 Å². The summed E-state index contributed by atoms with van der Waals surface area (Å²) < 4.78 is 5.29. The fourth-order valence-electron chi connectivity index (χ4n) is 2.92. The van der Waals surface area contributed by atoms with Crippen LogP contribution >= 0.6 is 0 Å². The maximum Gasteiger partial charge on any atom is 0.254 e. The number of fused-ring (bicyclic) bond motifs is 1. The van der Waals surface area contributed by atoms with Crippen LogP contribution in [0.2, 0.25) is 0 Å². The van der Waals surface area contributed by atoms with E-state index in [9.17, 15) is 14.4 Å². The number of para-hydroxylation sites is 1. The highest BCUT2D eigenvalue weighted by atomic mass is 16.5. The van der Waals surface area contributed by atoms with Gasteiger partial charge in [0.2, 0.25) is 11.8 Å². The van der Waals surface area contributed by atoms with E-state index in [2.05, 4.69) is 16.0 Å². The Hall–Kier alpha value is -2.41. The fraction of sp³-hybridized carbons (Fsp3) is 0.471. The molecule has 0 bridgehead atoms. The Morgan fingerprint density at radius 3 is 2.75 bits per heavy atom. The van der Waals surface area contributed by atoms with E-state index in [0.29, 0.717) is 23.7 Å². The van der Waals surface area contributed by atoms with Crippen LogP contribution in [-0.2, 0) is 14.3 Å². The third-order valence-corrected chi connectivity index (χ3v) is 4.37. The van der Waals surface area contributed by atoms with Gasteiger partial charge in [-0.2, -0.15) is 0 Å². The summed E-state index contributed by atoms with van der Waals surface area (Å²) in [7, 11) is 0. The van der Waals surface area contributed by atoms with Gasteiger partial charge in [0.15, 0.2) is 0 Å². The molecule has 3 amide bonds. The van der Waals surface area contributed by atoms with E-state index in [1.54, 1.807) is 24.3 Å². The SMILES string of the molecule is O=C(CC1NC(=O)c2ccccc2NC1=O)NCC1CCOCC1. The second-order valence-corrected chi connectivity index (χ2v) is 6.12. The van der Waals surface area contributed by atoms with Crippen molar-refractivity contribution in [2.24, 2.45) is 5.92 Å². The molecule has 0 spiro atoms. The van der Waals surface area contributed by atoms with Gasteiger partial charge >= 0.3 is 0 Å². The van der Waals surface area contributed by atoms with Gasteiger partial charge in [-0.1, -0.05) is 12.1 Å². The third-order valence-electron chi connectivity index (χ3n) is 4.37. The van der Waals surface area contributed by atoms with Gasteiger partial charge in [0.05, 0.1) is 17.7 Å². The van der Waals surface area contributed by atoms with Crippen molar-refractivity contribution < 1.29 is 19.1 Å². The predicted octanol–water partition coefficient (Wildman–Crippen LogP) is 0.670. The van der Waals surface area contributed by atoms with E-state index in [-0.39, 0.29) is 24.1 Å². The van der Waals surface area contributed by atoms with Crippen molar-refractivity contribution in [3.63, 3.8) is 0 Å². The summed E-state index contributed by atoms with van der Waals surface area (Å²) in [4.78, 5) is 36.6. The molecule has 3 rings (SSSR count). The highest BCUT2D eigenvalue weighted by Gasteiger charge is 2.29. The van der Waals surface area contributed by atoms with Crippen molar-refractivity contribution in [2.75, 3.05) is 25.1 Å². The zero-order chi connectivity index (χ0) is 16.9. The maximum atomic E-state index is 12.2. The molecule has 1 fully saturated rings. The van der Waals surface area contributed by atoms with Gasteiger partial charge in [0.1, 0.15) is 6.04 Å². The molecule has 0 aliphatic carbocycles. The molecule has 1 aromatic rings. The van der Waals surface area contributed by atoms with E-state index < -0.39 is 6.04 Å². The molecule has 3 N–H and O–H groups in total. The van der Waals surface area contributed by atoms with Gasteiger partial charge in [-0.25, -0.2) is 0 Å². The van der Waals surface area contributed by atoms with Crippen LogP contribution in [0.1, 0.15) is 29.6 Å². The van der Waals surface area contributed by atoms with Crippen molar-refractivity contribution in [1.29, 1.82) is 0 Å². The highest BCUT2D eigenvalue weighted by molar-refractivity contribution is 6.10. The fourth-order valence-corrected chi connectivity index (χ4v) is 2.92. The minimum atomic E-state index is -0.875. The molecule has 2 heterocycles. The zero-order valence-electron chi connectivity index (χ0n) is 13.3. The number of anilines is 1. The Morgan fingerprint density at radius 1 is 1.21 bits per heavy atom. The second-order valence-electron chi connectivity index (χ2n) is 6.12. The molecule has 7 heteroatoms. The number of amides is 3. The minimum Gasteiger partial charge on any atom is -0.381 e. The lowest BCUT2D eigenvalue weighted by atomic mass is 10.0. The van der Waals surface area contributed by atoms with Crippen molar-refractivity contribution >= 4 is 23.4 Å². The van der Waals surface area contributed by atoms with Crippen LogP contribution in [0.15, 0.2) is 24.3 Å². The summed E-state index contributed by atoms with van der Waals surface area (Å²) in [5, 5.41) is 8.17. The molecule has 0 aromatic heterocycles. The average Bonchev–Trinajstić information content (AvgIpc) is 2.71. The van der Waals surface area contributed by atoms with Crippen LogP contribution in [0.5, 0.6) is 0 Å². The topological polar surface area (TPSA) is 96.5 Å². The summed E-state index contributed by atoms with van der Waals surface area (Å²) in [6, 6.07) is 5.90. The quantitative estimate of drug-likeness (QED) is 0.755. The number of carbonyl (C=O) groups is 3. The van der Waals surface area contributed by atoms with Crippen LogP contribution in [-0.4, -0.2) is 43.5 Å². The molecular weight excluding hydrogens is 310 g/mol. The molecule has 1 unspecified atom stereocenters. The molecule has 2 aliphatic heterocycles. The summed E-state index contributed by atoms with van der Waals surface area (Å²) in [6.45, 7) is 2.02. The number of ether oxygens (including phenoxy) is 1. The molecule has 0 radical (unpaired) electrons. The standard InChI is InChI=1S/C17H21N3O4/c21-15(18-10-11-5-7-24-8-6-11)9-14-17(23)19-13-4-2-1-3-12(13)16(22)20-14/h1-4,11,14H,5-10H2,(H,18,21)(H,19,23)(H,20,22). The third kappa shape index (κ3) is 3.91. The van der Waals surface area contributed by atoms with Crippen LogP contribution in [0.3, 0.4) is 0 Å². The van der Waals surface area contributed by atoms with Gasteiger partial charge in [0.25, 0.3) is 5.91 Å². The molecule has 1 aromatic carbocycles. The molecule has 128 valence electrons. The first-order valence-corrected chi connectivity index (χ1v) is 8.18. The predicted molar refractivity (Wildman–Crippen MR) is 87.5 cm³/mol. The first-order chi connectivity index (χ1) is 11.6. The summed E-state index contributed by atoms with van der Waals surface area (Å²) in [6.07, 6.45) is 1.78.